The number of hydrogen-bond acceptors (Lipinski definition) is 6. The lowest BCUT2D eigenvalue weighted by atomic mass is 9.99. The first kappa shape index (κ1) is 27.7. The van der Waals surface area contributed by atoms with Crippen molar-refractivity contribution in [2.75, 3.05) is 32.1 Å². The normalized spacial score (nSPS) is 11.9. The first-order valence-corrected chi connectivity index (χ1v) is 11.3. The third-order valence-corrected chi connectivity index (χ3v) is 5.21. The molecule has 0 saturated carbocycles. The van der Waals surface area contributed by atoms with Gasteiger partial charge in [0.05, 0.1) is 13.7 Å². The van der Waals surface area contributed by atoms with Crippen molar-refractivity contribution in [3.05, 3.63) is 59.2 Å². The van der Waals surface area contributed by atoms with Gasteiger partial charge in [-0.1, -0.05) is 18.2 Å². The van der Waals surface area contributed by atoms with E-state index in [2.05, 4.69) is 10.6 Å². The van der Waals surface area contributed by atoms with Crippen LogP contribution in [0.25, 0.3) is 0 Å². The van der Waals surface area contributed by atoms with Gasteiger partial charge in [0.1, 0.15) is 23.9 Å². The summed E-state index contributed by atoms with van der Waals surface area (Å²) >= 11 is 0. The SMILES string of the molecule is COc1ccc(NC(=O)C(c2ccc(C)c(C)c2)N(CCO)C(=O)CNC(=O)OC(C)(C)C)cc1. The van der Waals surface area contributed by atoms with Crippen molar-refractivity contribution in [2.24, 2.45) is 0 Å². The fraction of sp³-hybridized carbons (Fsp3) is 0.423. The molecule has 35 heavy (non-hydrogen) atoms. The Morgan fingerprint density at radius 3 is 2.23 bits per heavy atom. The molecular weight excluding hydrogens is 450 g/mol. The molecule has 2 aromatic carbocycles. The number of carbonyl (C=O) groups excluding carboxylic acids is 3. The highest BCUT2D eigenvalue weighted by Gasteiger charge is 2.32. The van der Waals surface area contributed by atoms with Crippen molar-refractivity contribution in [3.8, 4) is 5.75 Å². The third-order valence-electron chi connectivity index (χ3n) is 5.21. The van der Waals surface area contributed by atoms with Crippen LogP contribution in [0.2, 0.25) is 0 Å². The second kappa shape index (κ2) is 12.2. The van der Waals surface area contributed by atoms with Gasteiger partial charge < -0.3 is 30.1 Å². The number of rotatable bonds is 9. The van der Waals surface area contributed by atoms with Gasteiger partial charge in [0, 0.05) is 12.2 Å². The fourth-order valence-electron chi connectivity index (χ4n) is 3.36. The molecule has 0 spiro atoms. The molecule has 1 unspecified atom stereocenters. The lowest BCUT2D eigenvalue weighted by molar-refractivity contribution is -0.138. The number of methoxy groups -OCH3 is 1. The Morgan fingerprint density at radius 1 is 1.03 bits per heavy atom. The smallest absolute Gasteiger partial charge is 0.408 e. The second-order valence-electron chi connectivity index (χ2n) is 9.13. The molecule has 9 heteroatoms. The van der Waals surface area contributed by atoms with Crippen LogP contribution in [0.1, 0.15) is 43.5 Å². The Kier molecular flexibility index (Phi) is 9.65. The summed E-state index contributed by atoms with van der Waals surface area (Å²) in [6, 6.07) is 11.2. The summed E-state index contributed by atoms with van der Waals surface area (Å²) in [7, 11) is 1.55. The first-order valence-electron chi connectivity index (χ1n) is 11.3. The van der Waals surface area contributed by atoms with E-state index in [1.54, 1.807) is 58.2 Å². The summed E-state index contributed by atoms with van der Waals surface area (Å²) in [5.74, 6) is -0.366. The van der Waals surface area contributed by atoms with Gasteiger partial charge in [-0.25, -0.2) is 4.79 Å². The van der Waals surface area contributed by atoms with Gasteiger partial charge in [-0.2, -0.15) is 0 Å². The summed E-state index contributed by atoms with van der Waals surface area (Å²) in [6.45, 7) is 8.14. The molecule has 3 amide bonds. The topological polar surface area (TPSA) is 117 Å². The van der Waals surface area contributed by atoms with Crippen LogP contribution in [-0.2, 0) is 14.3 Å². The zero-order valence-corrected chi connectivity index (χ0v) is 21.2. The van der Waals surface area contributed by atoms with Gasteiger partial charge in [0.25, 0.3) is 5.91 Å². The molecule has 0 fully saturated rings. The van der Waals surface area contributed by atoms with Crippen molar-refractivity contribution >= 4 is 23.6 Å². The molecule has 2 rings (SSSR count). The maximum atomic E-state index is 13.5. The quantitative estimate of drug-likeness (QED) is 0.502. The molecule has 0 aliphatic carbocycles. The lowest BCUT2D eigenvalue weighted by Gasteiger charge is -2.31. The van der Waals surface area contributed by atoms with Gasteiger partial charge in [-0.05, 0) is 75.6 Å². The maximum absolute atomic E-state index is 13.5. The van der Waals surface area contributed by atoms with Crippen LogP contribution in [0.5, 0.6) is 5.75 Å². The molecule has 0 aliphatic heterocycles. The number of benzene rings is 2. The van der Waals surface area contributed by atoms with E-state index in [4.69, 9.17) is 9.47 Å². The van der Waals surface area contributed by atoms with Crippen LogP contribution in [0.15, 0.2) is 42.5 Å². The number of hydrogen-bond donors (Lipinski definition) is 3. The van der Waals surface area contributed by atoms with Gasteiger partial charge in [0.15, 0.2) is 0 Å². The van der Waals surface area contributed by atoms with E-state index < -0.39 is 36.1 Å². The molecule has 9 nitrogen and oxygen atoms in total. The van der Waals surface area contributed by atoms with Gasteiger partial charge in [-0.15, -0.1) is 0 Å². The first-order chi connectivity index (χ1) is 16.4. The van der Waals surface area contributed by atoms with Crippen molar-refractivity contribution in [3.63, 3.8) is 0 Å². The molecule has 0 bridgehead atoms. The minimum absolute atomic E-state index is 0.109. The Labute approximate surface area is 206 Å². The van der Waals surface area contributed by atoms with Gasteiger partial charge in [0.2, 0.25) is 5.91 Å². The van der Waals surface area contributed by atoms with E-state index >= 15 is 0 Å². The summed E-state index contributed by atoms with van der Waals surface area (Å²) in [6.07, 6.45) is -0.750. The van der Waals surface area contributed by atoms with Gasteiger partial charge >= 0.3 is 6.09 Å². The van der Waals surface area contributed by atoms with E-state index in [1.807, 2.05) is 26.0 Å². The summed E-state index contributed by atoms with van der Waals surface area (Å²) in [4.78, 5) is 39.9. The number of nitrogens with zero attached hydrogens (tertiary/aromatic N) is 1. The van der Waals surface area contributed by atoms with Crippen molar-refractivity contribution in [1.29, 1.82) is 0 Å². The zero-order chi connectivity index (χ0) is 26.2. The molecule has 0 heterocycles. The Bertz CT molecular complexity index is 1030. The monoisotopic (exact) mass is 485 g/mol. The molecule has 2 aromatic rings. The number of alkyl carbamates (subject to hydrolysis) is 1. The van der Waals surface area contributed by atoms with Crippen molar-refractivity contribution in [2.45, 2.75) is 46.3 Å². The van der Waals surface area contributed by atoms with E-state index in [-0.39, 0.29) is 13.2 Å². The predicted molar refractivity (Wildman–Crippen MR) is 133 cm³/mol. The minimum Gasteiger partial charge on any atom is -0.497 e. The number of anilines is 1. The Balaban J connectivity index is 2.34. The van der Waals surface area contributed by atoms with Crippen LogP contribution in [0.3, 0.4) is 0 Å². The summed E-state index contributed by atoms with van der Waals surface area (Å²) in [5, 5.41) is 14.9. The predicted octanol–water partition coefficient (Wildman–Crippen LogP) is 3.34. The number of amides is 3. The number of aryl methyl sites for hydroxylation is 2. The molecule has 0 aliphatic rings. The number of ether oxygens (including phenoxy) is 2. The highest BCUT2D eigenvalue weighted by molar-refractivity contribution is 5.98. The average Bonchev–Trinajstić information content (AvgIpc) is 2.78. The standard InChI is InChI=1S/C26H35N3O6/c1-17-7-8-19(15-18(17)2)23(24(32)28-20-9-11-21(34-6)12-10-20)29(13-14-30)22(31)16-27-25(33)35-26(3,4)5/h7-12,15,23,30H,13-14,16H2,1-6H3,(H,27,33)(H,28,32). The van der Waals surface area contributed by atoms with Crippen LogP contribution in [0, 0.1) is 13.8 Å². The van der Waals surface area contributed by atoms with Crippen molar-refractivity contribution < 1.29 is 29.0 Å². The average molecular weight is 486 g/mol. The highest BCUT2D eigenvalue weighted by Crippen LogP contribution is 2.26. The number of nitrogens with one attached hydrogen (secondary N) is 2. The lowest BCUT2D eigenvalue weighted by Crippen LogP contribution is -2.47. The molecule has 190 valence electrons. The minimum atomic E-state index is -1.04. The number of carbonyl (C=O) groups is 3. The largest absolute Gasteiger partial charge is 0.497 e. The molecule has 0 aromatic heterocycles. The molecule has 1 atom stereocenters. The molecule has 3 N–H and O–H groups in total. The maximum Gasteiger partial charge on any atom is 0.408 e. The Morgan fingerprint density at radius 2 is 1.69 bits per heavy atom. The number of aliphatic hydroxyl groups excluding tert-OH is 1. The molecular formula is C26H35N3O6. The van der Waals surface area contributed by atoms with E-state index in [9.17, 15) is 19.5 Å². The second-order valence-corrected chi connectivity index (χ2v) is 9.13. The van der Waals surface area contributed by atoms with Crippen LogP contribution >= 0.6 is 0 Å². The molecule has 0 saturated heterocycles. The van der Waals surface area contributed by atoms with Crippen molar-refractivity contribution in [1.82, 2.24) is 10.2 Å². The Hall–Kier alpha value is -3.59. The zero-order valence-electron chi connectivity index (χ0n) is 21.2. The van der Waals surface area contributed by atoms with Crippen LogP contribution in [0.4, 0.5) is 10.5 Å². The van der Waals surface area contributed by atoms with E-state index in [0.717, 1.165) is 11.1 Å². The van der Waals surface area contributed by atoms with Gasteiger partial charge in [-0.3, -0.25) is 9.59 Å². The fourth-order valence-corrected chi connectivity index (χ4v) is 3.36. The molecule has 0 radical (unpaired) electrons. The summed E-state index contributed by atoms with van der Waals surface area (Å²) < 4.78 is 10.3. The van der Waals surface area contributed by atoms with E-state index in [0.29, 0.717) is 17.0 Å². The third kappa shape index (κ3) is 8.29. The number of aliphatic hydroxyl groups is 1. The highest BCUT2D eigenvalue weighted by atomic mass is 16.6. The van der Waals surface area contributed by atoms with Crippen LogP contribution < -0.4 is 15.4 Å². The summed E-state index contributed by atoms with van der Waals surface area (Å²) in [5.41, 5.74) is 2.37. The van der Waals surface area contributed by atoms with Crippen LogP contribution in [-0.4, -0.2) is 60.3 Å². The van der Waals surface area contributed by atoms with E-state index in [1.165, 1.54) is 4.90 Å².